The Labute approximate surface area is 185 Å². The van der Waals surface area contributed by atoms with Crippen molar-refractivity contribution >= 4 is 7.82 Å². The maximum atomic E-state index is 12.8. The lowest BCUT2D eigenvalue weighted by atomic mass is 9.82. The molecular formula is C26H33O4P. The van der Waals surface area contributed by atoms with Gasteiger partial charge < -0.3 is 9.05 Å². The molecular weight excluding hydrogens is 407 g/mol. The van der Waals surface area contributed by atoms with Crippen LogP contribution in [-0.4, -0.2) is 4.89 Å². The molecule has 3 aliphatic rings. The number of fused-ring (bicyclic) bond motifs is 7. The predicted molar refractivity (Wildman–Crippen MR) is 124 cm³/mol. The Balaban J connectivity index is 1.75. The Kier molecular flexibility index (Phi) is 6.12. The molecule has 0 saturated heterocycles. The van der Waals surface area contributed by atoms with E-state index < -0.39 is 7.82 Å². The zero-order valence-corrected chi connectivity index (χ0v) is 19.2. The quantitative estimate of drug-likeness (QED) is 0.436. The fourth-order valence-electron chi connectivity index (χ4n) is 5.64. The fourth-order valence-corrected chi connectivity index (χ4v) is 6.48. The Hall–Kier alpha value is -1.77. The van der Waals surface area contributed by atoms with Gasteiger partial charge in [0.15, 0.2) is 0 Å². The predicted octanol–water partition coefficient (Wildman–Crippen LogP) is 7.32. The third kappa shape index (κ3) is 4.43. The molecule has 0 saturated carbocycles. The summed E-state index contributed by atoms with van der Waals surface area (Å²) in [7, 11) is -4.22. The molecule has 1 unspecified atom stereocenters. The molecule has 4 nitrogen and oxygen atoms in total. The van der Waals surface area contributed by atoms with Crippen LogP contribution in [0.1, 0.15) is 86.5 Å². The monoisotopic (exact) mass is 440 g/mol. The van der Waals surface area contributed by atoms with Gasteiger partial charge in [-0.15, -0.1) is 0 Å². The van der Waals surface area contributed by atoms with Crippen LogP contribution in [0.2, 0.25) is 0 Å². The summed E-state index contributed by atoms with van der Waals surface area (Å²) in [5, 5.41) is 0. The van der Waals surface area contributed by atoms with Crippen LogP contribution in [0.4, 0.5) is 0 Å². The third-order valence-electron chi connectivity index (χ3n) is 7.17. The van der Waals surface area contributed by atoms with Gasteiger partial charge >= 0.3 is 7.82 Å². The largest absolute Gasteiger partial charge is 0.584 e. The summed E-state index contributed by atoms with van der Waals surface area (Å²) in [6, 6.07) is 8.03. The molecule has 2 aromatic rings. The third-order valence-corrected chi connectivity index (χ3v) is 8.02. The fraction of sp³-hybridized carbons (Fsp3) is 0.538. The second-order valence-electron chi connectivity index (χ2n) is 9.34. The molecule has 0 amide bonds. The normalized spacial score (nSPS) is 23.9. The van der Waals surface area contributed by atoms with E-state index in [-0.39, 0.29) is 0 Å². The molecule has 31 heavy (non-hydrogen) atoms. The zero-order chi connectivity index (χ0) is 21.3. The van der Waals surface area contributed by atoms with E-state index in [1.807, 2.05) is 12.1 Å². The Morgan fingerprint density at radius 3 is 1.42 bits per heavy atom. The van der Waals surface area contributed by atoms with Crippen LogP contribution in [0.3, 0.4) is 0 Å². The highest BCUT2D eigenvalue weighted by atomic mass is 31.2. The molecule has 1 N–H and O–H groups in total. The first kappa shape index (κ1) is 21.1. The SMILES string of the molecule is O=P1(O)Oc2ccc3c(c2-c2c(ccc4c2CCCCCC4)O1)CCCCCCCC3. The minimum atomic E-state index is -4.22. The van der Waals surface area contributed by atoms with E-state index in [9.17, 15) is 9.46 Å². The summed E-state index contributed by atoms with van der Waals surface area (Å²) < 4.78 is 24.1. The first-order chi connectivity index (χ1) is 15.1. The van der Waals surface area contributed by atoms with Gasteiger partial charge in [-0.1, -0.05) is 50.7 Å². The highest BCUT2D eigenvalue weighted by molar-refractivity contribution is 7.48. The molecule has 0 bridgehead atoms. The zero-order valence-electron chi connectivity index (χ0n) is 18.3. The Morgan fingerprint density at radius 2 is 0.968 bits per heavy atom. The summed E-state index contributed by atoms with van der Waals surface area (Å²) in [5.74, 6) is 1.02. The Bertz CT molecular complexity index is 1010. The molecule has 1 heterocycles. The number of phosphoric ester groups is 1. The second kappa shape index (κ2) is 9.00. The first-order valence-electron chi connectivity index (χ1n) is 12.1. The van der Waals surface area contributed by atoms with Crippen molar-refractivity contribution in [2.45, 2.75) is 89.9 Å². The van der Waals surface area contributed by atoms with Gasteiger partial charge in [-0.25, -0.2) is 4.57 Å². The average Bonchev–Trinajstić information content (AvgIpc) is 2.84. The lowest BCUT2D eigenvalue weighted by Crippen LogP contribution is -2.06. The lowest BCUT2D eigenvalue weighted by Gasteiger charge is -2.23. The highest BCUT2D eigenvalue weighted by Gasteiger charge is 2.35. The summed E-state index contributed by atoms with van der Waals surface area (Å²) in [6.07, 6.45) is 16.4. The van der Waals surface area contributed by atoms with Gasteiger partial charge in [0, 0.05) is 11.1 Å². The molecule has 0 radical (unpaired) electrons. The minimum Gasteiger partial charge on any atom is -0.395 e. The lowest BCUT2D eigenvalue weighted by molar-refractivity contribution is 0.294. The van der Waals surface area contributed by atoms with Crippen LogP contribution in [-0.2, 0) is 30.2 Å². The molecule has 1 atom stereocenters. The van der Waals surface area contributed by atoms with Crippen molar-refractivity contribution in [2.24, 2.45) is 0 Å². The highest BCUT2D eigenvalue weighted by Crippen LogP contribution is 2.56. The number of benzene rings is 2. The standard InChI is InChI=1S/C26H33O4P/c27-31(28)29-23-17-15-19-11-7-3-1-2-4-9-13-21(19)25(23)26-22-14-10-6-5-8-12-20(22)16-18-24(26)30-31/h15-18H,1-14H2,(H,27,28). The summed E-state index contributed by atoms with van der Waals surface area (Å²) >= 11 is 0. The maximum Gasteiger partial charge on any atom is 0.584 e. The van der Waals surface area contributed by atoms with Crippen LogP contribution < -0.4 is 9.05 Å². The molecule has 166 valence electrons. The Morgan fingerprint density at radius 1 is 0.581 bits per heavy atom. The van der Waals surface area contributed by atoms with Crippen molar-refractivity contribution in [1.29, 1.82) is 0 Å². The van der Waals surface area contributed by atoms with E-state index in [1.54, 1.807) is 0 Å². The van der Waals surface area contributed by atoms with E-state index in [0.29, 0.717) is 11.5 Å². The van der Waals surface area contributed by atoms with Gasteiger partial charge in [-0.05, 0) is 85.8 Å². The van der Waals surface area contributed by atoms with E-state index in [4.69, 9.17) is 9.05 Å². The van der Waals surface area contributed by atoms with Crippen molar-refractivity contribution < 1.29 is 18.5 Å². The summed E-state index contributed by atoms with van der Waals surface area (Å²) in [6.45, 7) is 0. The van der Waals surface area contributed by atoms with Crippen molar-refractivity contribution in [3.8, 4) is 22.6 Å². The number of phosphoric acid groups is 1. The second-order valence-corrected chi connectivity index (χ2v) is 10.6. The number of aryl methyl sites for hydroxylation is 2. The van der Waals surface area contributed by atoms with Crippen molar-refractivity contribution in [1.82, 2.24) is 0 Å². The minimum absolute atomic E-state index is 0.509. The van der Waals surface area contributed by atoms with Gasteiger partial charge in [0.1, 0.15) is 11.5 Å². The van der Waals surface area contributed by atoms with E-state index in [0.717, 1.165) is 49.7 Å². The van der Waals surface area contributed by atoms with Crippen molar-refractivity contribution in [3.05, 3.63) is 46.5 Å². The maximum absolute atomic E-state index is 12.8. The molecule has 5 rings (SSSR count). The summed E-state index contributed by atoms with van der Waals surface area (Å²) in [4.78, 5) is 10.5. The van der Waals surface area contributed by atoms with Gasteiger partial charge in [-0.2, -0.15) is 0 Å². The summed E-state index contributed by atoms with van der Waals surface area (Å²) in [5.41, 5.74) is 7.39. The average molecular weight is 441 g/mol. The molecule has 0 aromatic heterocycles. The van der Waals surface area contributed by atoms with Crippen LogP contribution >= 0.6 is 7.82 Å². The molecule has 1 aliphatic heterocycles. The van der Waals surface area contributed by atoms with Gasteiger partial charge in [0.25, 0.3) is 0 Å². The van der Waals surface area contributed by atoms with E-state index in [2.05, 4.69) is 12.1 Å². The smallest absolute Gasteiger partial charge is 0.395 e. The number of rotatable bonds is 0. The molecule has 2 aliphatic carbocycles. The molecule has 0 fully saturated rings. The number of hydrogen-bond acceptors (Lipinski definition) is 3. The first-order valence-corrected chi connectivity index (χ1v) is 13.6. The van der Waals surface area contributed by atoms with E-state index >= 15 is 0 Å². The van der Waals surface area contributed by atoms with E-state index in [1.165, 1.54) is 73.6 Å². The van der Waals surface area contributed by atoms with Crippen LogP contribution in [0.15, 0.2) is 24.3 Å². The van der Waals surface area contributed by atoms with Gasteiger partial charge in [-0.3, -0.25) is 4.89 Å². The van der Waals surface area contributed by atoms with Crippen LogP contribution in [0.5, 0.6) is 11.5 Å². The van der Waals surface area contributed by atoms with Gasteiger partial charge in [0.2, 0.25) is 0 Å². The molecule has 2 aromatic carbocycles. The molecule has 0 spiro atoms. The topological polar surface area (TPSA) is 55.8 Å². The van der Waals surface area contributed by atoms with Crippen molar-refractivity contribution in [3.63, 3.8) is 0 Å². The molecule has 5 heteroatoms. The number of hydrogen-bond donors (Lipinski definition) is 1. The van der Waals surface area contributed by atoms with Crippen LogP contribution in [0, 0.1) is 0 Å². The van der Waals surface area contributed by atoms with Crippen molar-refractivity contribution in [2.75, 3.05) is 0 Å². The van der Waals surface area contributed by atoms with Gasteiger partial charge in [0.05, 0.1) is 0 Å². The van der Waals surface area contributed by atoms with Crippen LogP contribution in [0.25, 0.3) is 11.1 Å².